The van der Waals surface area contributed by atoms with Gasteiger partial charge in [0.05, 0.1) is 6.20 Å². The maximum absolute atomic E-state index is 4.98. The zero-order chi connectivity index (χ0) is 5.98. The van der Waals surface area contributed by atoms with Crippen LogP contribution in [0, 0.1) is 0 Å². The summed E-state index contributed by atoms with van der Waals surface area (Å²) in [6, 6.07) is 0. The smallest absolute Gasteiger partial charge is 0.196 e. The second-order valence-electron chi connectivity index (χ2n) is 2.03. The highest BCUT2D eigenvalue weighted by Gasteiger charge is 2.00. The molecule has 52 valence electrons. The van der Waals surface area contributed by atoms with Gasteiger partial charge in [0.25, 0.3) is 0 Å². The number of rotatable bonds is 1. The average Bonchev–Trinajstić information content (AvgIpc) is 2.12. The van der Waals surface area contributed by atoms with Gasteiger partial charge in [0.15, 0.2) is 5.89 Å². The Morgan fingerprint density at radius 3 is 2.44 bits per heavy atom. The van der Waals surface area contributed by atoms with Crippen LogP contribution in [0.15, 0.2) is 16.9 Å². The Labute approximate surface area is 61.7 Å². The van der Waals surface area contributed by atoms with Crippen molar-refractivity contribution >= 4 is 13.5 Å². The second kappa shape index (κ2) is 3.56. The van der Waals surface area contributed by atoms with Gasteiger partial charge in [-0.15, -0.1) is 0 Å². The lowest BCUT2D eigenvalue weighted by molar-refractivity contribution is 0.471. The first-order chi connectivity index (χ1) is 3.80. The van der Waals surface area contributed by atoms with E-state index in [2.05, 4.69) is 4.98 Å². The molecule has 0 aliphatic carbocycles. The van der Waals surface area contributed by atoms with Crippen molar-refractivity contribution < 1.29 is 4.42 Å². The monoisotopic (exact) mass is 145 g/mol. The lowest BCUT2D eigenvalue weighted by Crippen LogP contribution is -1.83. The molecule has 0 N–H and O–H groups in total. The van der Waals surface area contributed by atoms with Crippen LogP contribution in [-0.4, -0.2) is 4.98 Å². The first-order valence-corrected chi connectivity index (χ1v) is 2.70. The summed E-state index contributed by atoms with van der Waals surface area (Å²) in [5.74, 6) is 1.22. The maximum Gasteiger partial charge on any atom is 0.196 e. The summed E-state index contributed by atoms with van der Waals surface area (Å²) in [6.07, 6.45) is 3.25. The zero-order valence-electron chi connectivity index (χ0n) is 5.59. The molecule has 0 aliphatic rings. The number of nitrogens with zero attached hydrogens (tertiary/aromatic N) is 1. The van der Waals surface area contributed by atoms with Gasteiger partial charge >= 0.3 is 0 Å². The number of hydrogen-bond donors (Lipinski definition) is 0. The molecular formula is C6H11NOS. The Bertz CT molecular complexity index is 148. The maximum atomic E-state index is 4.98. The molecule has 0 aliphatic heterocycles. The van der Waals surface area contributed by atoms with Crippen LogP contribution in [0.1, 0.15) is 25.7 Å². The molecule has 1 aromatic heterocycles. The third-order valence-electron chi connectivity index (χ3n) is 0.945. The predicted octanol–water partition coefficient (Wildman–Crippen LogP) is 1.91. The number of oxazole rings is 1. The van der Waals surface area contributed by atoms with Crippen LogP contribution < -0.4 is 0 Å². The summed E-state index contributed by atoms with van der Waals surface area (Å²) in [5, 5.41) is 0. The highest BCUT2D eigenvalue weighted by Crippen LogP contribution is 2.09. The van der Waals surface area contributed by atoms with Crippen LogP contribution >= 0.6 is 13.5 Å². The van der Waals surface area contributed by atoms with Crippen LogP contribution in [0.3, 0.4) is 0 Å². The zero-order valence-corrected chi connectivity index (χ0v) is 6.59. The van der Waals surface area contributed by atoms with Crippen molar-refractivity contribution in [2.45, 2.75) is 19.8 Å². The third-order valence-corrected chi connectivity index (χ3v) is 0.945. The van der Waals surface area contributed by atoms with Crippen LogP contribution in [-0.2, 0) is 0 Å². The van der Waals surface area contributed by atoms with E-state index < -0.39 is 0 Å². The van der Waals surface area contributed by atoms with Crippen LogP contribution in [0.5, 0.6) is 0 Å². The molecule has 0 aromatic carbocycles. The van der Waals surface area contributed by atoms with Gasteiger partial charge in [0, 0.05) is 5.92 Å². The highest BCUT2D eigenvalue weighted by atomic mass is 32.1. The van der Waals surface area contributed by atoms with Crippen LogP contribution in [0.25, 0.3) is 0 Å². The Hall–Kier alpha value is -0.440. The summed E-state index contributed by atoms with van der Waals surface area (Å²) < 4.78 is 4.98. The quantitative estimate of drug-likeness (QED) is 0.603. The molecule has 0 amide bonds. The third kappa shape index (κ3) is 2.10. The SMILES string of the molecule is CC(C)c1ncco1.S. The van der Waals surface area contributed by atoms with Gasteiger partial charge in [0.1, 0.15) is 6.26 Å². The van der Waals surface area contributed by atoms with Gasteiger partial charge < -0.3 is 4.42 Å². The van der Waals surface area contributed by atoms with Gasteiger partial charge in [-0.25, -0.2) is 4.98 Å². The van der Waals surface area contributed by atoms with Crippen molar-refractivity contribution in [3.8, 4) is 0 Å². The summed E-state index contributed by atoms with van der Waals surface area (Å²) in [4.78, 5) is 3.95. The average molecular weight is 145 g/mol. The normalized spacial score (nSPS) is 9.22. The van der Waals surface area contributed by atoms with Crippen molar-refractivity contribution in [2.24, 2.45) is 0 Å². The molecule has 1 aromatic rings. The highest BCUT2D eigenvalue weighted by molar-refractivity contribution is 7.59. The fourth-order valence-electron chi connectivity index (χ4n) is 0.520. The van der Waals surface area contributed by atoms with E-state index in [0.29, 0.717) is 5.92 Å². The van der Waals surface area contributed by atoms with E-state index in [1.165, 1.54) is 0 Å². The Kier molecular flexibility index (Phi) is 3.39. The fraction of sp³-hybridized carbons (Fsp3) is 0.500. The molecular weight excluding hydrogens is 134 g/mol. The minimum absolute atomic E-state index is 0. The molecule has 1 rings (SSSR count). The molecule has 2 nitrogen and oxygen atoms in total. The molecule has 0 radical (unpaired) electrons. The molecule has 3 heteroatoms. The summed E-state index contributed by atoms with van der Waals surface area (Å²) >= 11 is 0. The van der Waals surface area contributed by atoms with Crippen molar-refractivity contribution in [3.63, 3.8) is 0 Å². The molecule has 1 heterocycles. The lowest BCUT2D eigenvalue weighted by Gasteiger charge is -1.92. The fourth-order valence-corrected chi connectivity index (χ4v) is 0.520. The van der Waals surface area contributed by atoms with E-state index in [1.807, 2.05) is 13.8 Å². The van der Waals surface area contributed by atoms with Crippen molar-refractivity contribution in [1.29, 1.82) is 0 Å². The molecule has 0 bridgehead atoms. The minimum Gasteiger partial charge on any atom is -0.449 e. The topological polar surface area (TPSA) is 26.0 Å². The van der Waals surface area contributed by atoms with E-state index in [1.54, 1.807) is 12.5 Å². The largest absolute Gasteiger partial charge is 0.449 e. The first-order valence-electron chi connectivity index (χ1n) is 2.70. The van der Waals surface area contributed by atoms with Gasteiger partial charge in [-0.1, -0.05) is 13.8 Å². The van der Waals surface area contributed by atoms with E-state index in [9.17, 15) is 0 Å². The molecule has 9 heavy (non-hydrogen) atoms. The van der Waals surface area contributed by atoms with E-state index in [-0.39, 0.29) is 13.5 Å². The molecule has 0 spiro atoms. The molecule has 0 fully saturated rings. The van der Waals surface area contributed by atoms with E-state index in [4.69, 9.17) is 4.42 Å². The molecule has 0 saturated heterocycles. The van der Waals surface area contributed by atoms with E-state index >= 15 is 0 Å². The van der Waals surface area contributed by atoms with Gasteiger partial charge in [-0.2, -0.15) is 13.5 Å². The number of hydrogen-bond acceptors (Lipinski definition) is 2. The summed E-state index contributed by atoms with van der Waals surface area (Å²) in [7, 11) is 0. The molecule has 0 saturated carbocycles. The lowest BCUT2D eigenvalue weighted by atomic mass is 10.2. The van der Waals surface area contributed by atoms with Crippen LogP contribution in [0.2, 0.25) is 0 Å². The van der Waals surface area contributed by atoms with Gasteiger partial charge in [-0.3, -0.25) is 0 Å². The minimum atomic E-state index is 0. The summed E-state index contributed by atoms with van der Waals surface area (Å²) in [5.41, 5.74) is 0. The van der Waals surface area contributed by atoms with Crippen LogP contribution in [0.4, 0.5) is 0 Å². The Morgan fingerprint density at radius 1 is 1.56 bits per heavy atom. The van der Waals surface area contributed by atoms with Gasteiger partial charge in [-0.05, 0) is 0 Å². The first kappa shape index (κ1) is 8.56. The molecule has 0 unspecified atom stereocenters. The van der Waals surface area contributed by atoms with Crippen molar-refractivity contribution in [3.05, 3.63) is 18.4 Å². The van der Waals surface area contributed by atoms with Crippen molar-refractivity contribution in [2.75, 3.05) is 0 Å². The Morgan fingerprint density at radius 2 is 2.22 bits per heavy atom. The standard InChI is InChI=1S/C6H9NO.H2S/c1-5(2)6-7-3-4-8-6;/h3-5H,1-2H3;1H2. The second-order valence-corrected chi connectivity index (χ2v) is 2.03. The summed E-state index contributed by atoms with van der Waals surface area (Å²) in [6.45, 7) is 4.09. The Balaban J connectivity index is 0.000000640. The van der Waals surface area contributed by atoms with E-state index in [0.717, 1.165) is 5.89 Å². The molecule has 0 atom stereocenters. The van der Waals surface area contributed by atoms with Crippen molar-refractivity contribution in [1.82, 2.24) is 4.98 Å². The number of aromatic nitrogens is 1. The van der Waals surface area contributed by atoms with Gasteiger partial charge in [0.2, 0.25) is 0 Å². The predicted molar refractivity (Wildman–Crippen MR) is 41.0 cm³/mol.